The van der Waals surface area contributed by atoms with E-state index in [4.69, 9.17) is 9.72 Å². The Labute approximate surface area is 182 Å². The Hall–Kier alpha value is -3.61. The molecule has 1 amide bonds. The van der Waals surface area contributed by atoms with Gasteiger partial charge in [0, 0.05) is 49.2 Å². The van der Waals surface area contributed by atoms with Crippen molar-refractivity contribution in [2.75, 3.05) is 43.5 Å². The molecule has 4 rings (SSSR count). The number of amides is 1. The highest BCUT2D eigenvalue weighted by Gasteiger charge is 2.24. The van der Waals surface area contributed by atoms with Gasteiger partial charge >= 0.3 is 0 Å². The second kappa shape index (κ2) is 9.04. The van der Waals surface area contributed by atoms with Crippen LogP contribution in [-0.4, -0.2) is 54.1 Å². The smallest absolute Gasteiger partial charge is 0.254 e. The third-order valence-corrected chi connectivity index (χ3v) is 5.43. The number of rotatable bonds is 5. The van der Waals surface area contributed by atoms with Crippen LogP contribution in [0.3, 0.4) is 0 Å². The number of benzene rings is 2. The van der Waals surface area contributed by atoms with Crippen LogP contribution in [0.2, 0.25) is 0 Å². The van der Waals surface area contributed by atoms with Gasteiger partial charge in [-0.1, -0.05) is 18.2 Å². The highest BCUT2D eigenvalue weighted by atomic mass is 16.5. The molecule has 1 aliphatic rings. The van der Waals surface area contributed by atoms with E-state index < -0.39 is 0 Å². The fraction of sp³-hybridized carbons (Fsp3) is 0.292. The van der Waals surface area contributed by atoms with Crippen LogP contribution in [0.25, 0.3) is 0 Å². The molecule has 2 aromatic carbocycles. The zero-order valence-corrected chi connectivity index (χ0v) is 18.1. The average Bonchev–Trinajstić information content (AvgIpc) is 2.79. The fourth-order valence-electron chi connectivity index (χ4n) is 3.67. The second-order valence-corrected chi connectivity index (χ2v) is 7.64. The number of nitrogens with zero attached hydrogens (tertiary/aromatic N) is 4. The number of carbonyl (C=O) groups is 1. The number of aryl methyl sites for hydroxylation is 2. The van der Waals surface area contributed by atoms with Crippen molar-refractivity contribution < 1.29 is 9.53 Å². The summed E-state index contributed by atoms with van der Waals surface area (Å²) in [5.74, 6) is 2.32. The summed E-state index contributed by atoms with van der Waals surface area (Å²) in [6.45, 7) is 6.62. The van der Waals surface area contributed by atoms with Crippen LogP contribution in [0, 0.1) is 13.8 Å². The molecular weight excluding hydrogens is 390 g/mol. The SMILES string of the molecule is COc1ccc(Nc2cc(C)nc(N3CCN(C(=O)c4ccccc4C)CC3)n2)cc1. The number of methoxy groups -OCH3 is 1. The lowest BCUT2D eigenvalue weighted by atomic mass is 10.1. The molecule has 1 N–H and O–H groups in total. The Balaban J connectivity index is 1.43. The number of carbonyl (C=O) groups excluding carboxylic acids is 1. The zero-order chi connectivity index (χ0) is 21.8. The van der Waals surface area contributed by atoms with Gasteiger partial charge in [0.05, 0.1) is 7.11 Å². The van der Waals surface area contributed by atoms with Crippen LogP contribution in [0.1, 0.15) is 21.6 Å². The Morgan fingerprint density at radius 3 is 2.35 bits per heavy atom. The van der Waals surface area contributed by atoms with E-state index in [0.717, 1.165) is 34.1 Å². The summed E-state index contributed by atoms with van der Waals surface area (Å²) in [6, 6.07) is 17.4. The van der Waals surface area contributed by atoms with Crippen LogP contribution < -0.4 is 15.0 Å². The van der Waals surface area contributed by atoms with Gasteiger partial charge in [-0.3, -0.25) is 4.79 Å². The average molecular weight is 418 g/mol. The summed E-state index contributed by atoms with van der Waals surface area (Å²) in [7, 11) is 1.65. The Kier molecular flexibility index (Phi) is 6.02. The zero-order valence-electron chi connectivity index (χ0n) is 18.1. The molecule has 0 unspecified atom stereocenters. The van der Waals surface area contributed by atoms with Crippen LogP contribution in [0.4, 0.5) is 17.5 Å². The molecule has 0 bridgehead atoms. The topological polar surface area (TPSA) is 70.6 Å². The van der Waals surface area contributed by atoms with Gasteiger partial charge in [-0.25, -0.2) is 4.98 Å². The summed E-state index contributed by atoms with van der Waals surface area (Å²) in [6.07, 6.45) is 0. The van der Waals surface area contributed by atoms with Crippen LogP contribution >= 0.6 is 0 Å². The van der Waals surface area contributed by atoms with Gasteiger partial charge in [-0.05, 0) is 49.7 Å². The summed E-state index contributed by atoms with van der Waals surface area (Å²) in [5.41, 5.74) is 3.60. The third-order valence-electron chi connectivity index (χ3n) is 5.43. The monoisotopic (exact) mass is 417 g/mol. The number of piperazine rings is 1. The highest BCUT2D eigenvalue weighted by Crippen LogP contribution is 2.22. The van der Waals surface area contributed by atoms with Crippen molar-refractivity contribution in [3.63, 3.8) is 0 Å². The molecule has 0 saturated carbocycles. The number of hydrogen-bond acceptors (Lipinski definition) is 6. The van der Waals surface area contributed by atoms with Gasteiger partial charge in [-0.2, -0.15) is 4.98 Å². The van der Waals surface area contributed by atoms with Gasteiger partial charge in [0.15, 0.2) is 0 Å². The molecule has 2 heterocycles. The normalized spacial score (nSPS) is 13.8. The van der Waals surface area contributed by atoms with E-state index >= 15 is 0 Å². The second-order valence-electron chi connectivity index (χ2n) is 7.64. The number of ether oxygens (including phenoxy) is 1. The molecule has 1 fully saturated rings. The van der Waals surface area contributed by atoms with E-state index in [1.807, 2.05) is 73.3 Å². The number of aromatic nitrogens is 2. The molecule has 1 saturated heterocycles. The number of nitrogens with one attached hydrogen (secondary N) is 1. The largest absolute Gasteiger partial charge is 0.497 e. The molecule has 31 heavy (non-hydrogen) atoms. The van der Waals surface area contributed by atoms with Crippen LogP contribution in [-0.2, 0) is 0 Å². The van der Waals surface area contributed by atoms with Gasteiger partial charge in [-0.15, -0.1) is 0 Å². The van der Waals surface area contributed by atoms with E-state index in [0.29, 0.717) is 32.1 Å². The lowest BCUT2D eigenvalue weighted by Crippen LogP contribution is -2.49. The molecule has 160 valence electrons. The first-order chi connectivity index (χ1) is 15.0. The molecule has 1 aliphatic heterocycles. The van der Waals surface area contributed by atoms with Gasteiger partial charge in [0.2, 0.25) is 5.95 Å². The van der Waals surface area contributed by atoms with Crippen LogP contribution in [0.5, 0.6) is 5.75 Å². The Bertz CT molecular complexity index is 1060. The molecular formula is C24H27N5O2. The Morgan fingerprint density at radius 2 is 1.68 bits per heavy atom. The van der Waals surface area contributed by atoms with Crippen molar-refractivity contribution >= 4 is 23.4 Å². The summed E-state index contributed by atoms with van der Waals surface area (Å²) in [5, 5.41) is 3.33. The Morgan fingerprint density at radius 1 is 0.968 bits per heavy atom. The third kappa shape index (κ3) is 4.77. The number of hydrogen-bond donors (Lipinski definition) is 1. The predicted molar refractivity (Wildman–Crippen MR) is 122 cm³/mol. The minimum atomic E-state index is 0.0878. The molecule has 1 aromatic heterocycles. The quantitative estimate of drug-likeness (QED) is 0.681. The van der Waals surface area contributed by atoms with E-state index in [-0.39, 0.29) is 5.91 Å². The summed E-state index contributed by atoms with van der Waals surface area (Å²) >= 11 is 0. The highest BCUT2D eigenvalue weighted by molar-refractivity contribution is 5.95. The first-order valence-electron chi connectivity index (χ1n) is 10.4. The maximum atomic E-state index is 12.9. The minimum absolute atomic E-state index is 0.0878. The van der Waals surface area contributed by atoms with Crippen LogP contribution in [0.15, 0.2) is 54.6 Å². The fourth-order valence-corrected chi connectivity index (χ4v) is 3.67. The molecule has 0 radical (unpaired) electrons. The molecule has 0 aliphatic carbocycles. The predicted octanol–water partition coefficient (Wildman–Crippen LogP) is 3.81. The maximum Gasteiger partial charge on any atom is 0.254 e. The van der Waals surface area contributed by atoms with E-state index in [9.17, 15) is 4.79 Å². The maximum absolute atomic E-state index is 12.9. The number of anilines is 3. The minimum Gasteiger partial charge on any atom is -0.497 e. The standard InChI is InChI=1S/C24H27N5O2/c1-17-6-4-5-7-21(17)23(30)28-12-14-29(15-13-28)24-25-18(2)16-22(27-24)26-19-8-10-20(31-3)11-9-19/h4-11,16H,12-15H2,1-3H3,(H,25,26,27). The molecule has 0 atom stereocenters. The lowest BCUT2D eigenvalue weighted by Gasteiger charge is -2.35. The van der Waals surface area contributed by atoms with Crippen molar-refractivity contribution in [3.8, 4) is 5.75 Å². The van der Waals surface area contributed by atoms with Gasteiger partial charge in [0.1, 0.15) is 11.6 Å². The lowest BCUT2D eigenvalue weighted by molar-refractivity contribution is 0.0745. The van der Waals surface area contributed by atoms with Crippen molar-refractivity contribution in [1.29, 1.82) is 0 Å². The molecule has 3 aromatic rings. The van der Waals surface area contributed by atoms with E-state index in [1.165, 1.54) is 0 Å². The van der Waals surface area contributed by atoms with Gasteiger partial charge < -0.3 is 19.9 Å². The first-order valence-corrected chi connectivity index (χ1v) is 10.4. The molecule has 7 heteroatoms. The van der Waals surface area contributed by atoms with Gasteiger partial charge in [0.25, 0.3) is 5.91 Å². The van der Waals surface area contributed by atoms with Crippen molar-refractivity contribution in [3.05, 3.63) is 71.4 Å². The molecule has 7 nitrogen and oxygen atoms in total. The molecule has 0 spiro atoms. The van der Waals surface area contributed by atoms with E-state index in [2.05, 4.69) is 15.2 Å². The van der Waals surface area contributed by atoms with Crippen molar-refractivity contribution in [2.24, 2.45) is 0 Å². The van der Waals surface area contributed by atoms with Crippen molar-refractivity contribution in [1.82, 2.24) is 14.9 Å². The summed E-state index contributed by atoms with van der Waals surface area (Å²) < 4.78 is 5.21. The van der Waals surface area contributed by atoms with E-state index in [1.54, 1.807) is 7.11 Å². The first kappa shape index (κ1) is 20.7. The summed E-state index contributed by atoms with van der Waals surface area (Å²) in [4.78, 5) is 26.2. The van der Waals surface area contributed by atoms with Crippen molar-refractivity contribution in [2.45, 2.75) is 13.8 Å².